The molecule has 2 N–H and O–H groups in total. The highest BCUT2D eigenvalue weighted by Gasteiger charge is 2.04. The van der Waals surface area contributed by atoms with E-state index in [9.17, 15) is 0 Å². The monoisotopic (exact) mass is 198 g/mol. The summed E-state index contributed by atoms with van der Waals surface area (Å²) in [7, 11) is 0. The maximum absolute atomic E-state index is 8.70. The third-order valence-electron chi connectivity index (χ3n) is 1.38. The highest BCUT2D eigenvalue weighted by molar-refractivity contribution is 7.15. The van der Waals surface area contributed by atoms with Crippen LogP contribution in [0, 0.1) is 17.2 Å². The molecule has 1 aromatic heterocycles. The van der Waals surface area contributed by atoms with Gasteiger partial charge in [-0.15, -0.1) is 10.2 Å². The normalized spacial score (nSPS) is 12.1. The molecule has 0 saturated carbocycles. The Kier molecular flexibility index (Phi) is 3.61. The van der Waals surface area contributed by atoms with Crippen LogP contribution in [0.25, 0.3) is 0 Å². The molecule has 0 aliphatic carbocycles. The quantitative estimate of drug-likeness (QED) is 0.740. The van der Waals surface area contributed by atoms with Crippen molar-refractivity contribution in [3.63, 3.8) is 0 Å². The van der Waals surface area contributed by atoms with Gasteiger partial charge in [-0.2, -0.15) is 5.26 Å². The minimum absolute atomic E-state index is 0.0542. The molecule has 0 aliphatic heterocycles. The van der Waals surface area contributed by atoms with E-state index in [4.69, 9.17) is 10.4 Å². The number of aliphatic hydroxyl groups excluding tert-OH is 1. The summed E-state index contributed by atoms with van der Waals surface area (Å²) in [6.45, 7) is 2.28. The van der Waals surface area contributed by atoms with Gasteiger partial charge in [0.05, 0.1) is 18.6 Å². The van der Waals surface area contributed by atoms with E-state index in [0.717, 1.165) is 0 Å². The molecule has 0 fully saturated rings. The van der Waals surface area contributed by atoms with Crippen LogP contribution >= 0.6 is 11.3 Å². The molecule has 0 amide bonds. The van der Waals surface area contributed by atoms with Crippen LogP contribution in [-0.4, -0.2) is 21.8 Å². The number of nitrogens with one attached hydrogen (secondary N) is 1. The largest absolute Gasteiger partial charge is 0.389 e. The van der Waals surface area contributed by atoms with Gasteiger partial charge in [-0.25, -0.2) is 0 Å². The number of hydrogen-bond acceptors (Lipinski definition) is 6. The van der Waals surface area contributed by atoms with Crippen LogP contribution in [0.5, 0.6) is 0 Å². The van der Waals surface area contributed by atoms with Crippen molar-refractivity contribution in [2.75, 3.05) is 11.9 Å². The Hall–Kier alpha value is -1.19. The average Bonchev–Trinajstić information content (AvgIpc) is 2.61. The van der Waals surface area contributed by atoms with E-state index in [1.807, 2.05) is 6.92 Å². The molecule has 1 aromatic rings. The molecule has 0 spiro atoms. The Labute approximate surface area is 80.0 Å². The molecule has 0 aromatic carbocycles. The third-order valence-corrected chi connectivity index (χ3v) is 2.25. The molecule has 6 heteroatoms. The van der Waals surface area contributed by atoms with Crippen molar-refractivity contribution in [2.45, 2.75) is 13.5 Å². The van der Waals surface area contributed by atoms with E-state index in [-0.39, 0.29) is 12.5 Å². The van der Waals surface area contributed by atoms with Gasteiger partial charge in [0.15, 0.2) is 0 Å². The van der Waals surface area contributed by atoms with Gasteiger partial charge in [0, 0.05) is 6.54 Å². The first-order valence-electron chi connectivity index (χ1n) is 3.83. The molecule has 5 nitrogen and oxygen atoms in total. The second kappa shape index (κ2) is 4.74. The molecule has 0 aliphatic rings. The van der Waals surface area contributed by atoms with Gasteiger partial charge in [0.25, 0.3) is 0 Å². The first-order valence-corrected chi connectivity index (χ1v) is 4.64. The lowest BCUT2D eigenvalue weighted by Crippen LogP contribution is -2.08. The van der Waals surface area contributed by atoms with Crippen molar-refractivity contribution >= 4 is 16.5 Å². The molecule has 1 heterocycles. The fourth-order valence-corrected chi connectivity index (χ4v) is 1.28. The molecule has 1 rings (SSSR count). The predicted molar refractivity (Wildman–Crippen MR) is 49.1 cm³/mol. The third kappa shape index (κ3) is 2.97. The minimum Gasteiger partial charge on any atom is -0.389 e. The minimum atomic E-state index is -0.0901. The van der Waals surface area contributed by atoms with Crippen LogP contribution in [0.2, 0.25) is 0 Å². The fraction of sp³-hybridized carbons (Fsp3) is 0.571. The Balaban J connectivity index is 2.42. The van der Waals surface area contributed by atoms with E-state index >= 15 is 0 Å². The number of nitriles is 1. The molecule has 0 bridgehead atoms. The maximum Gasteiger partial charge on any atom is 0.205 e. The lowest BCUT2D eigenvalue weighted by molar-refractivity contribution is 0.280. The Morgan fingerprint density at radius 2 is 2.46 bits per heavy atom. The van der Waals surface area contributed by atoms with Crippen molar-refractivity contribution in [3.8, 4) is 6.07 Å². The second-order valence-electron chi connectivity index (χ2n) is 2.57. The van der Waals surface area contributed by atoms with Crippen LogP contribution in [0.4, 0.5) is 5.13 Å². The van der Waals surface area contributed by atoms with Crippen molar-refractivity contribution < 1.29 is 5.11 Å². The lowest BCUT2D eigenvalue weighted by Gasteiger charge is -2.01. The predicted octanol–water partition coefficient (Wildman–Crippen LogP) is 0.602. The molecule has 1 unspecified atom stereocenters. The summed E-state index contributed by atoms with van der Waals surface area (Å²) in [5.41, 5.74) is 0. The second-order valence-corrected chi connectivity index (χ2v) is 3.63. The molecule has 0 radical (unpaired) electrons. The van der Waals surface area contributed by atoms with E-state index in [0.29, 0.717) is 16.7 Å². The Morgan fingerprint density at radius 3 is 3.00 bits per heavy atom. The lowest BCUT2D eigenvalue weighted by atomic mass is 10.2. The average molecular weight is 198 g/mol. The van der Waals surface area contributed by atoms with Crippen molar-refractivity contribution in [3.05, 3.63) is 5.01 Å². The SMILES string of the molecule is CC(C#N)CNc1nnc(CO)s1. The topological polar surface area (TPSA) is 81.8 Å². The van der Waals surface area contributed by atoms with Gasteiger partial charge in [0.1, 0.15) is 5.01 Å². The number of hydrogen-bond donors (Lipinski definition) is 2. The molecular weight excluding hydrogens is 188 g/mol. The van der Waals surface area contributed by atoms with Crippen molar-refractivity contribution in [1.29, 1.82) is 5.26 Å². The van der Waals surface area contributed by atoms with Crippen LogP contribution in [-0.2, 0) is 6.61 Å². The van der Waals surface area contributed by atoms with Gasteiger partial charge >= 0.3 is 0 Å². The summed E-state index contributed by atoms with van der Waals surface area (Å²) in [6.07, 6.45) is 0. The van der Waals surface area contributed by atoms with Crippen molar-refractivity contribution in [1.82, 2.24) is 10.2 Å². The summed E-state index contributed by atoms with van der Waals surface area (Å²) in [4.78, 5) is 0. The fourth-order valence-electron chi connectivity index (χ4n) is 0.675. The summed E-state index contributed by atoms with van der Waals surface area (Å²) in [6, 6.07) is 2.10. The smallest absolute Gasteiger partial charge is 0.205 e. The van der Waals surface area contributed by atoms with Crippen LogP contribution in [0.3, 0.4) is 0 Å². The molecule has 0 saturated heterocycles. The Morgan fingerprint density at radius 1 is 1.69 bits per heavy atom. The summed E-state index contributed by atoms with van der Waals surface area (Å²) >= 11 is 1.29. The summed E-state index contributed by atoms with van der Waals surface area (Å²) in [5, 5.41) is 28.9. The van der Waals surface area contributed by atoms with Gasteiger partial charge in [0.2, 0.25) is 5.13 Å². The highest BCUT2D eigenvalue weighted by Crippen LogP contribution is 2.14. The van der Waals surface area contributed by atoms with Crippen LogP contribution in [0.15, 0.2) is 0 Å². The zero-order valence-corrected chi connectivity index (χ0v) is 8.01. The zero-order valence-electron chi connectivity index (χ0n) is 7.19. The number of aromatic nitrogens is 2. The van der Waals surface area contributed by atoms with E-state index in [1.54, 1.807) is 0 Å². The molecule has 1 atom stereocenters. The molecule has 70 valence electrons. The van der Waals surface area contributed by atoms with Gasteiger partial charge in [-0.1, -0.05) is 11.3 Å². The first kappa shape index (κ1) is 9.89. The highest BCUT2D eigenvalue weighted by atomic mass is 32.1. The van der Waals surface area contributed by atoms with Crippen LogP contribution in [0.1, 0.15) is 11.9 Å². The Bertz CT molecular complexity index is 306. The maximum atomic E-state index is 8.70. The number of anilines is 1. The van der Waals surface area contributed by atoms with Crippen LogP contribution < -0.4 is 5.32 Å². The standard InChI is InChI=1S/C7H10N4OS/c1-5(2-8)3-9-7-11-10-6(4-12)13-7/h5,12H,3-4H2,1H3,(H,9,11). The van der Waals surface area contributed by atoms with Crippen molar-refractivity contribution in [2.24, 2.45) is 5.92 Å². The van der Waals surface area contributed by atoms with Gasteiger partial charge < -0.3 is 10.4 Å². The zero-order chi connectivity index (χ0) is 9.68. The molecular formula is C7H10N4OS. The van der Waals surface area contributed by atoms with E-state index in [2.05, 4.69) is 21.6 Å². The number of rotatable bonds is 4. The number of nitrogens with zero attached hydrogens (tertiary/aromatic N) is 3. The van der Waals surface area contributed by atoms with Gasteiger partial charge in [-0.05, 0) is 6.92 Å². The summed E-state index contributed by atoms with van der Waals surface area (Å²) < 4.78 is 0. The molecule has 13 heavy (non-hydrogen) atoms. The summed E-state index contributed by atoms with van der Waals surface area (Å²) in [5.74, 6) is -0.0542. The first-order chi connectivity index (χ1) is 6.26. The van der Waals surface area contributed by atoms with E-state index in [1.165, 1.54) is 11.3 Å². The van der Waals surface area contributed by atoms with E-state index < -0.39 is 0 Å². The van der Waals surface area contributed by atoms with Gasteiger partial charge in [-0.3, -0.25) is 0 Å². The number of aliphatic hydroxyl groups is 1.